The highest BCUT2D eigenvalue weighted by Crippen LogP contribution is 2.49. The summed E-state index contributed by atoms with van der Waals surface area (Å²) in [6.45, 7) is 7.43. The van der Waals surface area contributed by atoms with E-state index in [1.165, 1.54) is 0 Å². The van der Waals surface area contributed by atoms with Gasteiger partial charge in [-0.1, -0.05) is 104 Å². The Morgan fingerprint density at radius 2 is 1.02 bits per heavy atom. The molecule has 0 aliphatic heterocycles. The summed E-state index contributed by atoms with van der Waals surface area (Å²) in [5.41, 5.74) is 8.43. The third kappa shape index (κ3) is 8.59. The highest BCUT2D eigenvalue weighted by atomic mass is 28.3. The molecule has 6 nitrogen and oxygen atoms in total. The lowest BCUT2D eigenvalue weighted by atomic mass is 9.88. The van der Waals surface area contributed by atoms with Crippen LogP contribution in [-0.4, -0.2) is 35.9 Å². The van der Waals surface area contributed by atoms with Gasteiger partial charge in [-0.05, 0) is 69.1 Å². The van der Waals surface area contributed by atoms with Crippen LogP contribution in [0.3, 0.4) is 0 Å². The second kappa shape index (κ2) is 16.5. The minimum atomic E-state index is -1.79. The lowest BCUT2D eigenvalue weighted by Gasteiger charge is -2.22. The van der Waals surface area contributed by atoms with E-state index in [1.54, 1.807) is 14.2 Å². The maximum Gasteiger partial charge on any atom is 0.188 e. The molecule has 0 aliphatic rings. The minimum Gasteiger partial charge on any atom is -0.489 e. The average molecular weight is 707 g/mol. The second-order valence-corrected chi connectivity index (χ2v) is 18.1. The van der Waals surface area contributed by atoms with Gasteiger partial charge in [-0.3, -0.25) is 0 Å². The molecule has 0 atom stereocenters. The third-order valence-electron chi connectivity index (χ3n) is 8.25. The molecule has 0 aliphatic carbocycles. The van der Waals surface area contributed by atoms with Gasteiger partial charge in [0.25, 0.3) is 0 Å². The summed E-state index contributed by atoms with van der Waals surface area (Å²) in [6, 6.07) is 36.2. The Balaban J connectivity index is 1.67. The number of rotatable bonds is 13. The number of ether oxygens (including phenoxy) is 6. The Morgan fingerprint density at radius 1 is 0.558 bits per heavy atom. The number of hydrogen-bond donors (Lipinski definition) is 0. The van der Waals surface area contributed by atoms with Crippen LogP contribution in [0.2, 0.25) is 19.6 Å². The van der Waals surface area contributed by atoms with Crippen molar-refractivity contribution in [3.8, 4) is 57.9 Å². The van der Waals surface area contributed by atoms with E-state index in [-0.39, 0.29) is 13.6 Å². The summed E-state index contributed by atoms with van der Waals surface area (Å²) in [4.78, 5) is 0. The first-order valence-electron chi connectivity index (χ1n) is 17.1. The number of methoxy groups -OCH3 is 2. The zero-order valence-corrected chi connectivity index (χ0v) is 31.2. The Morgan fingerprint density at radius 3 is 1.46 bits per heavy atom. The molecule has 0 heterocycles. The van der Waals surface area contributed by atoms with Crippen LogP contribution in [-0.2, 0) is 22.7 Å². The van der Waals surface area contributed by atoms with E-state index in [2.05, 4.69) is 49.2 Å². The van der Waals surface area contributed by atoms with Gasteiger partial charge in [-0.25, -0.2) is 0 Å². The fraction of sp³-hybridized carbons (Fsp3) is 0.200. The quantitative estimate of drug-likeness (QED) is 0.0677. The predicted octanol–water partition coefficient (Wildman–Crippen LogP) is 9.99. The molecular formula is C45H42O6Si. The van der Waals surface area contributed by atoms with E-state index in [9.17, 15) is 0 Å². The average Bonchev–Trinajstić information content (AvgIpc) is 3.16. The number of terminal acetylenes is 1. The number of hydrogen-bond acceptors (Lipinski definition) is 6. The van der Waals surface area contributed by atoms with Crippen LogP contribution in [0, 0.1) is 23.8 Å². The topological polar surface area (TPSA) is 55.4 Å². The third-order valence-corrected chi connectivity index (χ3v) is 9.12. The van der Waals surface area contributed by atoms with Gasteiger partial charge < -0.3 is 28.4 Å². The van der Waals surface area contributed by atoms with Crippen LogP contribution in [0.1, 0.15) is 22.3 Å². The zero-order chi connectivity index (χ0) is 36.5. The van der Waals surface area contributed by atoms with Gasteiger partial charge in [0, 0.05) is 25.3 Å². The lowest BCUT2D eigenvalue weighted by Crippen LogP contribution is -2.16. The SMILES string of the molecule is C#Cc1cc2ccc(OCc3ccccc3)cc2c(-c2c(OCOC)c(C#C[Si](C)(C)C)cc3ccc(OCc4ccccc4)cc23)c1OCOC. The number of benzene rings is 6. The van der Waals surface area contributed by atoms with Crippen molar-refractivity contribution < 1.29 is 28.4 Å². The number of fused-ring (bicyclic) bond motifs is 2. The molecule has 0 amide bonds. The molecule has 52 heavy (non-hydrogen) atoms. The fourth-order valence-electron chi connectivity index (χ4n) is 5.86. The van der Waals surface area contributed by atoms with E-state index in [1.807, 2.05) is 97.1 Å². The molecule has 0 saturated heterocycles. The molecule has 0 bridgehead atoms. The highest BCUT2D eigenvalue weighted by Gasteiger charge is 2.25. The lowest BCUT2D eigenvalue weighted by molar-refractivity contribution is 0.0500. The Hall–Kier alpha value is -5.70. The highest BCUT2D eigenvalue weighted by molar-refractivity contribution is 6.83. The van der Waals surface area contributed by atoms with E-state index in [0.717, 1.165) is 49.4 Å². The first-order chi connectivity index (χ1) is 25.3. The molecular weight excluding hydrogens is 665 g/mol. The Labute approximate surface area is 307 Å². The molecule has 6 rings (SSSR count). The van der Waals surface area contributed by atoms with Crippen molar-refractivity contribution in [1.29, 1.82) is 0 Å². The smallest absolute Gasteiger partial charge is 0.188 e. The molecule has 6 aromatic carbocycles. The monoisotopic (exact) mass is 706 g/mol. The fourth-order valence-corrected chi connectivity index (χ4v) is 6.37. The molecule has 6 aromatic rings. The zero-order valence-electron chi connectivity index (χ0n) is 30.2. The normalized spacial score (nSPS) is 11.1. The van der Waals surface area contributed by atoms with E-state index < -0.39 is 8.07 Å². The molecule has 0 N–H and O–H groups in total. The van der Waals surface area contributed by atoms with Crippen LogP contribution in [0.4, 0.5) is 0 Å². The first kappa shape index (κ1) is 36.1. The van der Waals surface area contributed by atoms with Gasteiger partial charge in [0.1, 0.15) is 44.3 Å². The van der Waals surface area contributed by atoms with Crippen LogP contribution in [0.25, 0.3) is 32.7 Å². The van der Waals surface area contributed by atoms with Gasteiger partial charge in [0.05, 0.1) is 11.1 Å². The van der Waals surface area contributed by atoms with E-state index in [4.69, 9.17) is 34.8 Å². The van der Waals surface area contributed by atoms with Crippen molar-refractivity contribution in [2.75, 3.05) is 27.8 Å². The standard InChI is InChI=1S/C45H42O6Si/c1-7-34-24-35-18-20-38(48-28-32-14-10-8-11-15-32)26-40(35)42(44(34)50-30-46-2)43-41-27-39(49-29-33-16-12-9-13-17-33)21-19-36(41)25-37(22-23-52(4,5)6)45(43)51-31-47-3/h1,8-21,24-27H,28-31H2,2-6H3. The van der Waals surface area contributed by atoms with Gasteiger partial charge >= 0.3 is 0 Å². The van der Waals surface area contributed by atoms with Crippen LogP contribution < -0.4 is 18.9 Å². The van der Waals surface area contributed by atoms with Crippen molar-refractivity contribution in [1.82, 2.24) is 0 Å². The van der Waals surface area contributed by atoms with Crippen LogP contribution >= 0.6 is 0 Å². The van der Waals surface area contributed by atoms with Crippen LogP contribution in [0.5, 0.6) is 23.0 Å². The second-order valence-electron chi connectivity index (χ2n) is 13.3. The Bertz CT molecular complexity index is 2280. The molecule has 7 heteroatoms. The van der Waals surface area contributed by atoms with E-state index >= 15 is 0 Å². The summed E-state index contributed by atoms with van der Waals surface area (Å²) in [5.74, 6) is 8.76. The minimum absolute atomic E-state index is 0.00318. The molecule has 0 unspecified atom stereocenters. The molecule has 0 spiro atoms. The summed E-state index contributed by atoms with van der Waals surface area (Å²) in [7, 11) is 1.39. The molecule has 0 aromatic heterocycles. The molecule has 0 fully saturated rings. The maximum atomic E-state index is 6.51. The van der Waals surface area contributed by atoms with Crippen molar-refractivity contribution in [3.63, 3.8) is 0 Å². The summed E-state index contributed by atoms with van der Waals surface area (Å²) in [6.07, 6.45) is 6.19. The summed E-state index contributed by atoms with van der Waals surface area (Å²) in [5, 5.41) is 3.56. The van der Waals surface area contributed by atoms with Crippen molar-refractivity contribution >= 4 is 29.6 Å². The summed E-state index contributed by atoms with van der Waals surface area (Å²) < 4.78 is 36.5. The van der Waals surface area contributed by atoms with Gasteiger partial charge in [-0.2, -0.15) is 0 Å². The molecule has 0 saturated carbocycles. The first-order valence-corrected chi connectivity index (χ1v) is 20.6. The van der Waals surface area contributed by atoms with Gasteiger partial charge in [-0.15, -0.1) is 12.0 Å². The van der Waals surface area contributed by atoms with Crippen molar-refractivity contribution in [2.24, 2.45) is 0 Å². The van der Waals surface area contributed by atoms with Gasteiger partial charge in [0.15, 0.2) is 13.6 Å². The Kier molecular flexibility index (Phi) is 11.5. The molecule has 0 radical (unpaired) electrons. The van der Waals surface area contributed by atoms with Crippen molar-refractivity contribution in [2.45, 2.75) is 32.9 Å². The predicted molar refractivity (Wildman–Crippen MR) is 212 cm³/mol. The van der Waals surface area contributed by atoms with E-state index in [0.29, 0.717) is 41.8 Å². The van der Waals surface area contributed by atoms with Crippen molar-refractivity contribution in [3.05, 3.63) is 131 Å². The molecule has 262 valence electrons. The largest absolute Gasteiger partial charge is 0.489 e. The van der Waals surface area contributed by atoms with Crippen LogP contribution in [0.15, 0.2) is 109 Å². The summed E-state index contributed by atoms with van der Waals surface area (Å²) >= 11 is 0. The maximum absolute atomic E-state index is 6.51. The van der Waals surface area contributed by atoms with Gasteiger partial charge in [0.2, 0.25) is 0 Å².